The highest BCUT2D eigenvalue weighted by Gasteiger charge is 2.33. The van der Waals surface area contributed by atoms with Crippen molar-refractivity contribution in [1.29, 1.82) is 0 Å². The van der Waals surface area contributed by atoms with E-state index < -0.39 is 0 Å². The van der Waals surface area contributed by atoms with E-state index in [2.05, 4.69) is 18.2 Å². The molecular weight excluding hydrogens is 464 g/mol. The summed E-state index contributed by atoms with van der Waals surface area (Å²) in [6.07, 6.45) is 3.64. The molecule has 0 bridgehead atoms. The SMILES string of the molecule is COc1ccccc1/C=c1\sc2n(c1=O)[C@H](c1ccccc1Cl)C1=C(N=2)c2ccccc2CC1. The predicted molar refractivity (Wildman–Crippen MR) is 137 cm³/mol. The molecule has 4 nitrogen and oxygen atoms in total. The second kappa shape index (κ2) is 8.42. The topological polar surface area (TPSA) is 43.6 Å². The molecule has 1 aromatic heterocycles. The van der Waals surface area contributed by atoms with Gasteiger partial charge in [-0.1, -0.05) is 83.6 Å². The van der Waals surface area contributed by atoms with E-state index in [1.807, 2.05) is 65.2 Å². The maximum Gasteiger partial charge on any atom is 0.271 e. The predicted octanol–water partition coefficient (Wildman–Crippen LogP) is 4.98. The van der Waals surface area contributed by atoms with Crippen LogP contribution in [0.5, 0.6) is 5.75 Å². The van der Waals surface area contributed by atoms with Gasteiger partial charge >= 0.3 is 0 Å². The van der Waals surface area contributed by atoms with Gasteiger partial charge in [0.25, 0.3) is 5.56 Å². The second-order valence-corrected chi connectivity index (χ2v) is 9.79. The second-order valence-electron chi connectivity index (χ2n) is 8.38. The zero-order chi connectivity index (χ0) is 23.2. The van der Waals surface area contributed by atoms with Gasteiger partial charge in [-0.25, -0.2) is 4.99 Å². The summed E-state index contributed by atoms with van der Waals surface area (Å²) in [6.45, 7) is 0. The smallest absolute Gasteiger partial charge is 0.271 e. The van der Waals surface area contributed by atoms with E-state index in [1.165, 1.54) is 16.9 Å². The minimum atomic E-state index is -0.284. The summed E-state index contributed by atoms with van der Waals surface area (Å²) in [7, 11) is 1.64. The lowest BCUT2D eigenvalue weighted by Crippen LogP contribution is -2.38. The number of benzene rings is 3. The molecule has 0 spiro atoms. The van der Waals surface area contributed by atoms with Gasteiger partial charge in [0.15, 0.2) is 4.80 Å². The number of para-hydroxylation sites is 1. The third kappa shape index (κ3) is 3.35. The molecule has 0 amide bonds. The monoisotopic (exact) mass is 484 g/mol. The molecule has 0 N–H and O–H groups in total. The summed E-state index contributed by atoms with van der Waals surface area (Å²) in [4.78, 5) is 19.5. The molecule has 2 heterocycles. The molecule has 2 aliphatic rings. The lowest BCUT2D eigenvalue weighted by Gasteiger charge is -2.31. The highest BCUT2D eigenvalue weighted by atomic mass is 35.5. The molecule has 0 unspecified atom stereocenters. The van der Waals surface area contributed by atoms with Crippen LogP contribution in [0.1, 0.15) is 34.7 Å². The van der Waals surface area contributed by atoms with Crippen molar-refractivity contribution in [2.45, 2.75) is 18.9 Å². The Hall–Kier alpha value is -3.41. The first kappa shape index (κ1) is 21.1. The lowest BCUT2D eigenvalue weighted by molar-refractivity contribution is 0.414. The summed E-state index contributed by atoms with van der Waals surface area (Å²) in [5.74, 6) is 0.726. The summed E-state index contributed by atoms with van der Waals surface area (Å²) in [5.41, 5.74) is 6.26. The number of hydrogen-bond donors (Lipinski definition) is 0. The van der Waals surface area contributed by atoms with E-state index in [-0.39, 0.29) is 11.6 Å². The Morgan fingerprint density at radius 1 is 1.03 bits per heavy atom. The number of rotatable bonds is 3. The third-order valence-corrected chi connectivity index (χ3v) is 7.83. The van der Waals surface area contributed by atoms with Gasteiger partial charge in [-0.2, -0.15) is 0 Å². The van der Waals surface area contributed by atoms with Crippen LogP contribution in [-0.2, 0) is 6.42 Å². The average molecular weight is 485 g/mol. The fraction of sp³-hybridized carbons (Fsp3) is 0.143. The van der Waals surface area contributed by atoms with E-state index in [4.69, 9.17) is 21.3 Å². The van der Waals surface area contributed by atoms with Gasteiger partial charge in [-0.15, -0.1) is 0 Å². The van der Waals surface area contributed by atoms with Crippen LogP contribution in [0, 0.1) is 0 Å². The Bertz CT molecular complexity index is 1650. The van der Waals surface area contributed by atoms with Crippen LogP contribution in [0.25, 0.3) is 11.8 Å². The van der Waals surface area contributed by atoms with Crippen molar-refractivity contribution in [1.82, 2.24) is 4.57 Å². The average Bonchev–Trinajstić information content (AvgIpc) is 3.18. The van der Waals surface area contributed by atoms with Crippen LogP contribution in [0.4, 0.5) is 0 Å². The molecule has 1 atom stereocenters. The molecule has 6 rings (SSSR count). The molecule has 0 saturated heterocycles. The zero-order valence-electron chi connectivity index (χ0n) is 18.5. The minimum Gasteiger partial charge on any atom is -0.496 e. The van der Waals surface area contributed by atoms with Crippen LogP contribution in [0.15, 0.2) is 88.2 Å². The number of hydrogen-bond acceptors (Lipinski definition) is 4. The number of fused-ring (bicyclic) bond motifs is 3. The molecule has 1 aliphatic carbocycles. The van der Waals surface area contributed by atoms with E-state index in [0.717, 1.165) is 46.6 Å². The van der Waals surface area contributed by atoms with Crippen molar-refractivity contribution >= 4 is 34.7 Å². The van der Waals surface area contributed by atoms with Crippen LogP contribution in [-0.4, -0.2) is 11.7 Å². The molecule has 3 aromatic carbocycles. The molecule has 34 heavy (non-hydrogen) atoms. The molecule has 0 radical (unpaired) electrons. The standard InChI is InChI=1S/C28H21ClN2O2S/c1-33-23-13-7-3-9-18(23)16-24-27(32)31-26(20-11-5-6-12-22(20)29)21-15-14-17-8-2-4-10-19(17)25(21)30-28(31)34-24/h2-13,16,26H,14-15H2,1H3/b24-16-/t26-/m1/s1. The van der Waals surface area contributed by atoms with E-state index in [9.17, 15) is 4.79 Å². The molecule has 6 heteroatoms. The number of allylic oxidation sites excluding steroid dienone is 1. The van der Waals surface area contributed by atoms with E-state index in [0.29, 0.717) is 14.4 Å². The molecular formula is C28H21ClN2O2S. The van der Waals surface area contributed by atoms with Crippen LogP contribution >= 0.6 is 22.9 Å². The molecule has 4 aromatic rings. The van der Waals surface area contributed by atoms with Crippen LogP contribution in [0.3, 0.4) is 0 Å². The number of aromatic nitrogens is 1. The first-order valence-corrected chi connectivity index (χ1v) is 12.4. The van der Waals surface area contributed by atoms with Gasteiger partial charge in [-0.05, 0) is 47.8 Å². The largest absolute Gasteiger partial charge is 0.496 e. The Morgan fingerprint density at radius 2 is 1.79 bits per heavy atom. The highest BCUT2D eigenvalue weighted by molar-refractivity contribution is 7.07. The number of halogens is 1. The van der Waals surface area contributed by atoms with E-state index in [1.54, 1.807) is 7.11 Å². The highest BCUT2D eigenvalue weighted by Crippen LogP contribution is 2.42. The van der Waals surface area contributed by atoms with Crippen LogP contribution in [0.2, 0.25) is 5.02 Å². The number of methoxy groups -OCH3 is 1. The Balaban J connectivity index is 1.65. The Labute approximate surface area is 205 Å². The molecule has 0 fully saturated rings. The van der Waals surface area contributed by atoms with Crippen molar-refractivity contribution in [3.63, 3.8) is 0 Å². The molecule has 1 aliphatic heterocycles. The fourth-order valence-electron chi connectivity index (χ4n) is 4.92. The van der Waals surface area contributed by atoms with Gasteiger partial charge in [0.05, 0.1) is 23.4 Å². The first-order valence-electron chi connectivity index (χ1n) is 11.2. The fourth-order valence-corrected chi connectivity index (χ4v) is 6.15. The maximum atomic E-state index is 13.8. The Kier molecular flexibility index (Phi) is 5.24. The first-order chi connectivity index (χ1) is 16.7. The van der Waals surface area contributed by atoms with Crippen molar-refractivity contribution in [3.8, 4) is 5.75 Å². The number of nitrogens with zero attached hydrogens (tertiary/aromatic N) is 2. The van der Waals surface area contributed by atoms with E-state index >= 15 is 0 Å². The van der Waals surface area contributed by atoms with Crippen molar-refractivity contribution in [3.05, 3.63) is 125 Å². The summed E-state index contributed by atoms with van der Waals surface area (Å²) in [5, 5.41) is 0.652. The number of ether oxygens (including phenoxy) is 1. The summed E-state index contributed by atoms with van der Waals surface area (Å²) in [6, 6.07) is 23.6. The van der Waals surface area contributed by atoms with Gasteiger partial charge in [0, 0.05) is 16.1 Å². The Morgan fingerprint density at radius 3 is 2.65 bits per heavy atom. The minimum absolute atomic E-state index is 0.0648. The normalized spacial score (nSPS) is 17.0. The van der Waals surface area contributed by atoms with Crippen LogP contribution < -0.4 is 19.6 Å². The van der Waals surface area contributed by atoms with Crippen molar-refractivity contribution in [2.75, 3.05) is 7.11 Å². The van der Waals surface area contributed by atoms with Crippen molar-refractivity contribution < 1.29 is 4.74 Å². The number of aryl methyl sites for hydroxylation is 1. The van der Waals surface area contributed by atoms with Gasteiger partial charge in [-0.3, -0.25) is 9.36 Å². The van der Waals surface area contributed by atoms with Gasteiger partial charge in [0.2, 0.25) is 0 Å². The van der Waals surface area contributed by atoms with Gasteiger partial charge < -0.3 is 4.74 Å². The zero-order valence-corrected chi connectivity index (χ0v) is 20.1. The van der Waals surface area contributed by atoms with Crippen molar-refractivity contribution in [2.24, 2.45) is 4.99 Å². The van der Waals surface area contributed by atoms with Gasteiger partial charge in [0.1, 0.15) is 5.75 Å². The summed E-state index contributed by atoms with van der Waals surface area (Å²) >= 11 is 8.10. The molecule has 0 saturated carbocycles. The summed E-state index contributed by atoms with van der Waals surface area (Å²) < 4.78 is 7.94. The third-order valence-electron chi connectivity index (χ3n) is 6.50. The number of thiazole rings is 1. The lowest BCUT2D eigenvalue weighted by atomic mass is 9.83. The maximum absolute atomic E-state index is 13.8. The molecule has 168 valence electrons. The quantitative estimate of drug-likeness (QED) is 0.411.